The third-order valence-corrected chi connectivity index (χ3v) is 5.96. The van der Waals surface area contributed by atoms with Crippen LogP contribution in [0.3, 0.4) is 0 Å². The van der Waals surface area contributed by atoms with E-state index in [2.05, 4.69) is 0 Å². The maximum absolute atomic E-state index is 10.9. The van der Waals surface area contributed by atoms with Crippen molar-refractivity contribution in [3.8, 4) is 0 Å². The average Bonchev–Trinajstić information content (AvgIpc) is 2.32. The van der Waals surface area contributed by atoms with E-state index in [1.807, 2.05) is 4.72 Å². The maximum atomic E-state index is 10.9. The van der Waals surface area contributed by atoms with E-state index < -0.39 is 47.5 Å². The molecule has 2 amide bonds. The zero-order valence-electron chi connectivity index (χ0n) is 11.1. The predicted octanol–water partition coefficient (Wildman–Crippen LogP) is -2.66. The van der Waals surface area contributed by atoms with Gasteiger partial charge in [0.25, 0.3) is 10.0 Å². The quantitative estimate of drug-likeness (QED) is 0.331. The second-order valence-corrected chi connectivity index (χ2v) is 8.23. The number of nitrogens with two attached hydrogens (primary N) is 1. The molecule has 2 fully saturated rings. The van der Waals surface area contributed by atoms with Crippen LogP contribution in [0.15, 0.2) is 0 Å². The number of nitrogens with zero attached hydrogens (tertiary/aromatic N) is 1. The van der Waals surface area contributed by atoms with Crippen molar-refractivity contribution in [2.45, 2.75) is 36.4 Å². The number of sulfonamides is 2. The first-order valence-corrected chi connectivity index (χ1v) is 9.03. The highest BCUT2D eigenvalue weighted by atomic mass is 32.2. The number of nitrogens with one attached hydrogen (secondary N) is 2. The second kappa shape index (κ2) is 6.53. The Morgan fingerprint density at radius 1 is 1.00 bits per heavy atom. The largest absolute Gasteiger partial charge is 0.329 e. The van der Waals surface area contributed by atoms with E-state index in [1.54, 1.807) is 4.72 Å². The predicted molar refractivity (Wildman–Crippen MR) is 71.4 cm³/mol. The Labute approximate surface area is 125 Å². The molecule has 22 heavy (non-hydrogen) atoms. The number of amides is 2. The Bertz CT molecular complexity index is 685. The lowest BCUT2D eigenvalue weighted by atomic mass is 10.3. The van der Waals surface area contributed by atoms with Crippen LogP contribution in [0, 0.1) is 10.1 Å². The number of hydrogen-bond donors (Lipinski definition) is 3. The van der Waals surface area contributed by atoms with Crippen LogP contribution >= 0.6 is 0 Å². The van der Waals surface area contributed by atoms with Gasteiger partial charge in [-0.2, -0.15) is 8.42 Å². The topological polar surface area (TPSA) is 196 Å². The van der Waals surface area contributed by atoms with Gasteiger partial charge in [0.2, 0.25) is 11.8 Å². The van der Waals surface area contributed by atoms with Gasteiger partial charge in [-0.3, -0.25) is 24.4 Å². The average molecular weight is 358 g/mol. The lowest BCUT2D eigenvalue weighted by Crippen LogP contribution is -2.47. The molecule has 0 radical (unpaired) electrons. The van der Waals surface area contributed by atoms with Gasteiger partial charge in [0.15, 0.2) is 0 Å². The van der Waals surface area contributed by atoms with Crippen molar-refractivity contribution in [2.75, 3.05) is 0 Å². The maximum Gasteiger partial charge on any atom is 0.329 e. The van der Waals surface area contributed by atoms with E-state index in [-0.39, 0.29) is 25.7 Å². The van der Waals surface area contributed by atoms with Gasteiger partial charge in [-0.15, -0.1) is 0 Å². The van der Waals surface area contributed by atoms with E-state index >= 15 is 0 Å². The van der Waals surface area contributed by atoms with Crippen LogP contribution in [-0.2, 0) is 29.6 Å². The van der Waals surface area contributed by atoms with Gasteiger partial charge < -0.3 is 5.73 Å². The minimum Gasteiger partial charge on any atom is -0.314 e. The van der Waals surface area contributed by atoms with Gasteiger partial charge in [-0.25, -0.2) is 13.1 Å². The Morgan fingerprint density at radius 2 is 1.45 bits per heavy atom. The molecular weight excluding hydrogens is 344 g/mol. The summed E-state index contributed by atoms with van der Waals surface area (Å²) >= 11 is 0. The minimum absolute atomic E-state index is 0.120. The molecule has 2 aliphatic rings. The van der Waals surface area contributed by atoms with Crippen molar-refractivity contribution < 1.29 is 31.3 Å². The van der Waals surface area contributed by atoms with Crippen LogP contribution in [0.25, 0.3) is 0 Å². The molecule has 2 atom stereocenters. The van der Waals surface area contributed by atoms with Gasteiger partial charge in [0.05, 0.1) is 0 Å². The summed E-state index contributed by atoms with van der Waals surface area (Å²) in [4.78, 5) is 30.3. The summed E-state index contributed by atoms with van der Waals surface area (Å²) < 4.78 is 46.6. The van der Waals surface area contributed by atoms with Gasteiger partial charge in [-0.1, -0.05) is 0 Å². The summed E-state index contributed by atoms with van der Waals surface area (Å²) in [6, 6.07) is 0. The van der Waals surface area contributed by atoms with Crippen molar-refractivity contribution in [1.29, 1.82) is 0 Å². The number of hydrogen-bond acceptors (Lipinski definition) is 9. The number of carbonyl (C=O) groups is 2. The lowest BCUT2D eigenvalue weighted by molar-refractivity contribution is -0.498. The highest BCUT2D eigenvalue weighted by Gasteiger charge is 2.41. The Balaban J connectivity index is 0.000000224. The van der Waals surface area contributed by atoms with Crippen molar-refractivity contribution in [3.05, 3.63) is 10.1 Å². The van der Waals surface area contributed by atoms with Crippen LogP contribution in [0.2, 0.25) is 0 Å². The van der Waals surface area contributed by atoms with E-state index in [1.165, 1.54) is 0 Å². The van der Waals surface area contributed by atoms with Crippen LogP contribution in [-0.4, -0.2) is 44.3 Å². The molecule has 0 aromatic heterocycles. The Kier molecular flexibility index (Phi) is 5.42. The molecule has 14 heteroatoms. The highest BCUT2D eigenvalue weighted by Crippen LogP contribution is 2.13. The number of carbonyl (C=O) groups excluding carboxylic acids is 2. The Morgan fingerprint density at radius 3 is 1.82 bits per heavy atom. The molecule has 12 nitrogen and oxygen atoms in total. The summed E-state index contributed by atoms with van der Waals surface area (Å²) in [5, 5.41) is 7.54. The standard InChI is InChI=1S/C4H6N2O5S.C4H8N2O3S/c7-3-1-2-4(6(8)9)12(10,11)5-3;5-3-1-2-4(7)6-10(3,8)9/h4H,1-2H2,(H,5,7);3H,1-2,5H2,(H,6,7). The molecule has 0 spiro atoms. The zero-order chi connectivity index (χ0) is 17.1. The minimum atomic E-state index is -4.07. The molecule has 0 saturated carbocycles. The van der Waals surface area contributed by atoms with Gasteiger partial charge in [0, 0.05) is 24.2 Å². The number of rotatable bonds is 1. The lowest BCUT2D eigenvalue weighted by Gasteiger charge is -2.18. The molecule has 0 aromatic carbocycles. The summed E-state index contributed by atoms with van der Waals surface area (Å²) in [7, 11) is -7.60. The first-order valence-electron chi connectivity index (χ1n) is 5.93. The fraction of sp³-hybridized carbons (Fsp3) is 0.750. The first-order chi connectivity index (χ1) is 9.95. The highest BCUT2D eigenvalue weighted by molar-refractivity contribution is 7.90. The van der Waals surface area contributed by atoms with Crippen molar-refractivity contribution in [3.63, 3.8) is 0 Å². The van der Waals surface area contributed by atoms with Crippen LogP contribution in [0.1, 0.15) is 25.7 Å². The molecule has 2 heterocycles. The fourth-order valence-electron chi connectivity index (χ4n) is 1.62. The van der Waals surface area contributed by atoms with Crippen molar-refractivity contribution >= 4 is 31.9 Å². The van der Waals surface area contributed by atoms with E-state index in [9.17, 15) is 36.5 Å². The zero-order valence-corrected chi connectivity index (χ0v) is 12.7. The van der Waals surface area contributed by atoms with Gasteiger partial charge in [-0.05, 0) is 6.42 Å². The summed E-state index contributed by atoms with van der Waals surface area (Å²) in [5.74, 6) is -1.16. The van der Waals surface area contributed by atoms with Gasteiger partial charge in [0.1, 0.15) is 5.37 Å². The van der Waals surface area contributed by atoms with Crippen LogP contribution in [0.4, 0.5) is 0 Å². The van der Waals surface area contributed by atoms with Crippen LogP contribution < -0.4 is 15.2 Å². The second-order valence-electron chi connectivity index (χ2n) is 4.50. The van der Waals surface area contributed by atoms with Crippen molar-refractivity contribution in [2.24, 2.45) is 5.73 Å². The Hall–Kier alpha value is -1.80. The molecule has 0 aliphatic carbocycles. The van der Waals surface area contributed by atoms with Crippen molar-refractivity contribution in [1.82, 2.24) is 9.44 Å². The molecule has 2 saturated heterocycles. The molecule has 0 bridgehead atoms. The third kappa shape index (κ3) is 4.60. The SMILES string of the molecule is NC1CCC(=O)NS1(=O)=O.O=C1CCC([N+](=O)[O-])S(=O)(=O)N1. The molecule has 126 valence electrons. The van der Waals surface area contributed by atoms with E-state index in [4.69, 9.17) is 5.73 Å². The fourth-order valence-corrected chi connectivity index (χ4v) is 3.83. The summed E-state index contributed by atoms with van der Waals surface area (Å²) in [5.41, 5.74) is 5.17. The number of nitro groups is 1. The van der Waals surface area contributed by atoms with E-state index in [0.29, 0.717) is 0 Å². The van der Waals surface area contributed by atoms with E-state index in [0.717, 1.165) is 0 Å². The summed E-state index contributed by atoms with van der Waals surface area (Å²) in [6.45, 7) is 0. The van der Waals surface area contributed by atoms with Gasteiger partial charge >= 0.3 is 15.4 Å². The summed E-state index contributed by atoms with van der Waals surface area (Å²) in [6.07, 6.45) is 0.0423. The monoisotopic (exact) mass is 358 g/mol. The molecule has 2 rings (SSSR count). The first kappa shape index (κ1) is 18.2. The smallest absolute Gasteiger partial charge is 0.314 e. The third-order valence-electron chi connectivity index (χ3n) is 2.78. The van der Waals surface area contributed by atoms with Crippen LogP contribution in [0.5, 0.6) is 0 Å². The molecule has 2 aliphatic heterocycles. The molecule has 0 aromatic rings. The molecule has 2 unspecified atom stereocenters. The molecule has 4 N–H and O–H groups in total. The normalized spacial score (nSPS) is 29.3. The molecular formula is C8H14N4O8S2.